The Bertz CT molecular complexity index is 528. The lowest BCUT2D eigenvalue weighted by atomic mass is 10.1. The summed E-state index contributed by atoms with van der Waals surface area (Å²) in [4.78, 5) is 11.7. The Kier molecular flexibility index (Phi) is 2.87. The predicted octanol–water partition coefficient (Wildman–Crippen LogP) is 3.55. The summed E-state index contributed by atoms with van der Waals surface area (Å²) in [5, 5.41) is 0. The van der Waals surface area contributed by atoms with Crippen molar-refractivity contribution in [3.8, 4) is 0 Å². The van der Waals surface area contributed by atoms with E-state index < -0.39 is 23.0 Å². The first kappa shape index (κ1) is 11.0. The number of carbonyl (C=O) groups is 1. The van der Waals surface area contributed by atoms with Crippen molar-refractivity contribution in [2.24, 2.45) is 0 Å². The third-order valence-corrected chi connectivity index (χ3v) is 2.41. The van der Waals surface area contributed by atoms with Crippen LogP contribution < -0.4 is 0 Å². The summed E-state index contributed by atoms with van der Waals surface area (Å²) >= 11 is 3.00. The average Bonchev–Trinajstić information content (AvgIpc) is 2.64. The van der Waals surface area contributed by atoms with Gasteiger partial charge in [-0.3, -0.25) is 4.79 Å². The van der Waals surface area contributed by atoms with Gasteiger partial charge in [-0.25, -0.2) is 8.78 Å². The highest BCUT2D eigenvalue weighted by molar-refractivity contribution is 9.10. The van der Waals surface area contributed by atoms with E-state index in [9.17, 15) is 13.6 Å². The lowest BCUT2D eigenvalue weighted by Crippen LogP contribution is -2.06. The summed E-state index contributed by atoms with van der Waals surface area (Å²) in [5.41, 5.74) is -0.607. The Morgan fingerprint density at radius 3 is 2.25 bits per heavy atom. The van der Waals surface area contributed by atoms with Crippen molar-refractivity contribution in [1.29, 1.82) is 0 Å². The summed E-state index contributed by atoms with van der Waals surface area (Å²) < 4.78 is 31.8. The predicted molar refractivity (Wildman–Crippen MR) is 56.2 cm³/mol. The monoisotopic (exact) mass is 286 g/mol. The first-order chi connectivity index (χ1) is 7.59. The molecule has 2 aromatic rings. The third kappa shape index (κ3) is 1.90. The highest BCUT2D eigenvalue weighted by Crippen LogP contribution is 2.20. The van der Waals surface area contributed by atoms with E-state index in [1.165, 1.54) is 18.2 Å². The first-order valence-corrected chi connectivity index (χ1v) is 5.13. The molecule has 16 heavy (non-hydrogen) atoms. The Morgan fingerprint density at radius 2 is 1.75 bits per heavy atom. The second-order valence-electron chi connectivity index (χ2n) is 3.03. The SMILES string of the molecule is O=C(c1ccc(Br)o1)c1c(F)cccc1F. The van der Waals surface area contributed by atoms with E-state index in [1.54, 1.807) is 0 Å². The zero-order valence-corrected chi connectivity index (χ0v) is 9.42. The van der Waals surface area contributed by atoms with E-state index in [-0.39, 0.29) is 5.76 Å². The summed E-state index contributed by atoms with van der Waals surface area (Å²) in [6, 6.07) is 6.06. The third-order valence-electron chi connectivity index (χ3n) is 1.99. The summed E-state index contributed by atoms with van der Waals surface area (Å²) in [6.07, 6.45) is 0. The Morgan fingerprint density at radius 1 is 1.12 bits per heavy atom. The topological polar surface area (TPSA) is 30.2 Å². The van der Waals surface area contributed by atoms with Crippen LogP contribution in [0.15, 0.2) is 39.4 Å². The minimum absolute atomic E-state index is 0.115. The lowest BCUT2D eigenvalue weighted by Gasteiger charge is -2.00. The zero-order valence-electron chi connectivity index (χ0n) is 7.84. The van der Waals surface area contributed by atoms with Gasteiger partial charge in [0.1, 0.15) is 11.6 Å². The van der Waals surface area contributed by atoms with Gasteiger partial charge in [0.15, 0.2) is 10.4 Å². The number of hydrogen-bond donors (Lipinski definition) is 0. The van der Waals surface area contributed by atoms with Crippen molar-refractivity contribution < 1.29 is 18.0 Å². The number of rotatable bonds is 2. The number of ketones is 1. The molecule has 0 atom stereocenters. The van der Waals surface area contributed by atoms with Gasteiger partial charge in [-0.1, -0.05) is 6.07 Å². The second-order valence-corrected chi connectivity index (χ2v) is 3.81. The Balaban J connectivity index is 2.49. The van der Waals surface area contributed by atoms with Crippen molar-refractivity contribution in [2.45, 2.75) is 0 Å². The smallest absolute Gasteiger partial charge is 0.234 e. The second kappa shape index (κ2) is 4.17. The van der Waals surface area contributed by atoms with Gasteiger partial charge < -0.3 is 4.42 Å². The molecule has 0 aliphatic carbocycles. The molecule has 0 N–H and O–H groups in total. The number of furan rings is 1. The van der Waals surface area contributed by atoms with Crippen LogP contribution in [0.4, 0.5) is 8.78 Å². The van der Waals surface area contributed by atoms with E-state index in [0.717, 1.165) is 12.1 Å². The van der Waals surface area contributed by atoms with Gasteiger partial charge >= 0.3 is 0 Å². The molecule has 0 unspecified atom stereocenters. The van der Waals surface area contributed by atoms with E-state index in [2.05, 4.69) is 15.9 Å². The molecule has 1 aromatic heterocycles. The molecule has 0 radical (unpaired) electrons. The molecule has 1 heterocycles. The Labute approximate surface area is 98.0 Å². The molecule has 2 nitrogen and oxygen atoms in total. The van der Waals surface area contributed by atoms with Crippen molar-refractivity contribution in [1.82, 2.24) is 0 Å². The van der Waals surface area contributed by atoms with Gasteiger partial charge in [0.05, 0.1) is 5.56 Å². The standard InChI is InChI=1S/C11H5BrF2O2/c12-9-5-4-8(16-9)11(15)10-6(13)2-1-3-7(10)14/h1-5H. The normalized spacial score (nSPS) is 10.4. The van der Waals surface area contributed by atoms with Gasteiger partial charge in [0, 0.05) is 0 Å². The van der Waals surface area contributed by atoms with E-state index in [0.29, 0.717) is 4.67 Å². The highest BCUT2D eigenvalue weighted by atomic mass is 79.9. The van der Waals surface area contributed by atoms with Crippen LogP contribution in [-0.2, 0) is 0 Å². The number of carbonyl (C=O) groups excluding carboxylic acids is 1. The van der Waals surface area contributed by atoms with E-state index in [1.807, 2.05) is 0 Å². The maximum absolute atomic E-state index is 13.3. The van der Waals surface area contributed by atoms with Crippen molar-refractivity contribution in [3.05, 3.63) is 58.0 Å². The van der Waals surface area contributed by atoms with Gasteiger partial charge in [-0.2, -0.15) is 0 Å². The number of halogens is 3. The van der Waals surface area contributed by atoms with Crippen LogP contribution in [0, 0.1) is 11.6 Å². The van der Waals surface area contributed by atoms with Crippen LogP contribution in [0.5, 0.6) is 0 Å². The van der Waals surface area contributed by atoms with Crippen molar-refractivity contribution >= 4 is 21.7 Å². The molecule has 0 fully saturated rings. The minimum Gasteiger partial charge on any atom is -0.446 e. The molecule has 0 saturated heterocycles. The van der Waals surface area contributed by atoms with Gasteiger partial charge in [-0.15, -0.1) is 0 Å². The largest absolute Gasteiger partial charge is 0.446 e. The maximum Gasteiger partial charge on any atom is 0.234 e. The quantitative estimate of drug-likeness (QED) is 0.791. The van der Waals surface area contributed by atoms with Crippen LogP contribution in [0.1, 0.15) is 16.1 Å². The van der Waals surface area contributed by atoms with Crippen LogP contribution >= 0.6 is 15.9 Å². The molecule has 2 rings (SSSR count). The maximum atomic E-state index is 13.3. The van der Waals surface area contributed by atoms with Gasteiger partial charge in [0.2, 0.25) is 5.78 Å². The summed E-state index contributed by atoms with van der Waals surface area (Å²) in [6.45, 7) is 0. The molecule has 0 spiro atoms. The molecule has 0 amide bonds. The molecule has 0 saturated carbocycles. The highest BCUT2D eigenvalue weighted by Gasteiger charge is 2.21. The molecular weight excluding hydrogens is 282 g/mol. The van der Waals surface area contributed by atoms with E-state index >= 15 is 0 Å². The fraction of sp³-hybridized carbons (Fsp3) is 0. The van der Waals surface area contributed by atoms with Crippen molar-refractivity contribution in [3.63, 3.8) is 0 Å². The fourth-order valence-electron chi connectivity index (χ4n) is 1.27. The first-order valence-electron chi connectivity index (χ1n) is 4.33. The minimum atomic E-state index is -0.905. The molecule has 82 valence electrons. The number of benzene rings is 1. The molecule has 0 aliphatic heterocycles. The summed E-state index contributed by atoms with van der Waals surface area (Å²) in [5.74, 6) is -2.74. The Hall–Kier alpha value is -1.49. The van der Waals surface area contributed by atoms with E-state index in [4.69, 9.17) is 4.42 Å². The van der Waals surface area contributed by atoms with Gasteiger partial charge in [0.25, 0.3) is 0 Å². The van der Waals surface area contributed by atoms with Crippen LogP contribution in [0.25, 0.3) is 0 Å². The van der Waals surface area contributed by atoms with Crippen molar-refractivity contribution in [2.75, 3.05) is 0 Å². The van der Waals surface area contributed by atoms with Crippen LogP contribution in [0.2, 0.25) is 0 Å². The molecule has 5 heteroatoms. The molecule has 0 aliphatic rings. The van der Waals surface area contributed by atoms with Crippen LogP contribution in [0.3, 0.4) is 0 Å². The van der Waals surface area contributed by atoms with Gasteiger partial charge in [-0.05, 0) is 40.2 Å². The number of hydrogen-bond acceptors (Lipinski definition) is 2. The average molecular weight is 287 g/mol. The van der Waals surface area contributed by atoms with Crippen LogP contribution in [-0.4, -0.2) is 5.78 Å². The molecule has 1 aromatic carbocycles. The molecular formula is C11H5BrF2O2. The zero-order chi connectivity index (χ0) is 11.7. The molecule has 0 bridgehead atoms. The fourth-order valence-corrected chi connectivity index (χ4v) is 1.58. The lowest BCUT2D eigenvalue weighted by molar-refractivity contribution is 0.1000. The summed E-state index contributed by atoms with van der Waals surface area (Å²) in [7, 11) is 0.